The van der Waals surface area contributed by atoms with Crippen molar-refractivity contribution in [3.05, 3.63) is 0 Å². The molecule has 2 nitrogen and oxygen atoms in total. The first kappa shape index (κ1) is 11.1. The number of hydrogen-bond acceptors (Lipinski definition) is 2. The molecule has 1 heterocycles. The minimum absolute atomic E-state index is 0. The topological polar surface area (TPSA) is 29.3 Å². The van der Waals surface area contributed by atoms with Crippen LogP contribution in [0.15, 0.2) is 0 Å². The van der Waals surface area contributed by atoms with E-state index in [0.717, 1.165) is 0 Å². The maximum atomic E-state index is 12.5. The van der Waals surface area contributed by atoms with Gasteiger partial charge in [-0.2, -0.15) is 0 Å². The summed E-state index contributed by atoms with van der Waals surface area (Å²) in [5, 5.41) is 0. The number of halogens is 3. The molecule has 0 saturated carbocycles. The zero-order chi connectivity index (χ0) is 7.78. The maximum Gasteiger partial charge on any atom is 0.262 e. The number of nitrogens with two attached hydrogens (primary N) is 1. The summed E-state index contributed by atoms with van der Waals surface area (Å²) in [6.45, 7) is 0.182. The summed E-state index contributed by atoms with van der Waals surface area (Å²) in [6.07, 6.45) is -0.0833. The van der Waals surface area contributed by atoms with Crippen molar-refractivity contribution >= 4 is 12.4 Å². The average molecular weight is 187 g/mol. The number of nitrogens with zero attached hydrogens (tertiary/aromatic N) is 1. The quantitative estimate of drug-likeness (QED) is 0.654. The largest absolute Gasteiger partial charge is 0.329 e. The van der Waals surface area contributed by atoms with Gasteiger partial charge in [-0.3, -0.25) is 4.90 Å². The first-order chi connectivity index (χ1) is 4.55. The Kier molecular flexibility index (Phi) is 3.67. The van der Waals surface area contributed by atoms with Gasteiger partial charge in [-0.1, -0.05) is 0 Å². The van der Waals surface area contributed by atoms with E-state index in [1.165, 1.54) is 0 Å². The van der Waals surface area contributed by atoms with Crippen molar-refractivity contribution in [2.75, 3.05) is 20.1 Å². The Morgan fingerprint density at radius 1 is 1.64 bits per heavy atom. The molecule has 5 heteroatoms. The van der Waals surface area contributed by atoms with Gasteiger partial charge in [0.1, 0.15) is 0 Å². The van der Waals surface area contributed by atoms with E-state index in [1.54, 1.807) is 11.9 Å². The van der Waals surface area contributed by atoms with Crippen LogP contribution in [0.2, 0.25) is 0 Å². The van der Waals surface area contributed by atoms with Crippen LogP contribution < -0.4 is 5.73 Å². The number of likely N-dealkylation sites (tertiary alicyclic amines) is 1. The summed E-state index contributed by atoms with van der Waals surface area (Å²) in [5.74, 6) is -2.52. The van der Waals surface area contributed by atoms with E-state index >= 15 is 0 Å². The van der Waals surface area contributed by atoms with Crippen molar-refractivity contribution < 1.29 is 8.78 Å². The minimum atomic E-state index is -2.52. The van der Waals surface area contributed by atoms with E-state index in [-0.39, 0.29) is 31.4 Å². The van der Waals surface area contributed by atoms with Crippen molar-refractivity contribution in [3.63, 3.8) is 0 Å². The summed E-state index contributed by atoms with van der Waals surface area (Å²) >= 11 is 0. The molecule has 1 aliphatic rings. The predicted molar refractivity (Wildman–Crippen MR) is 42.3 cm³/mol. The highest BCUT2D eigenvalue weighted by Crippen LogP contribution is 2.29. The second kappa shape index (κ2) is 3.65. The number of likely N-dealkylation sites (N-methyl/N-ethyl adjacent to an activating group) is 1. The molecule has 0 radical (unpaired) electrons. The van der Waals surface area contributed by atoms with Crippen LogP contribution in [0, 0.1) is 0 Å². The van der Waals surface area contributed by atoms with Gasteiger partial charge in [0, 0.05) is 19.0 Å². The van der Waals surface area contributed by atoms with Crippen molar-refractivity contribution in [3.8, 4) is 0 Å². The maximum absolute atomic E-state index is 12.5. The smallest absolute Gasteiger partial charge is 0.262 e. The summed E-state index contributed by atoms with van der Waals surface area (Å²) in [5.41, 5.74) is 5.27. The highest BCUT2D eigenvalue weighted by Gasteiger charge is 2.42. The van der Waals surface area contributed by atoms with Gasteiger partial charge >= 0.3 is 0 Å². The molecular formula is C6H13ClF2N2. The third-order valence-corrected chi connectivity index (χ3v) is 1.91. The van der Waals surface area contributed by atoms with Crippen LogP contribution in [0.4, 0.5) is 8.78 Å². The lowest BCUT2D eigenvalue weighted by atomic mass is 10.2. The molecule has 11 heavy (non-hydrogen) atoms. The monoisotopic (exact) mass is 186 g/mol. The Balaban J connectivity index is 0.000001000. The van der Waals surface area contributed by atoms with Crippen molar-refractivity contribution in [2.24, 2.45) is 5.73 Å². The SMILES string of the molecule is CN1CC(F)(F)C[C@H]1CN.Cl. The van der Waals surface area contributed by atoms with Gasteiger partial charge in [-0.25, -0.2) is 8.78 Å². The van der Waals surface area contributed by atoms with E-state index in [9.17, 15) is 8.78 Å². The molecule has 0 unspecified atom stereocenters. The van der Waals surface area contributed by atoms with Crippen LogP contribution in [0.25, 0.3) is 0 Å². The van der Waals surface area contributed by atoms with Gasteiger partial charge in [-0.05, 0) is 7.05 Å². The number of alkyl halides is 2. The Hall–Kier alpha value is 0.0700. The van der Waals surface area contributed by atoms with Gasteiger partial charge < -0.3 is 5.73 Å². The summed E-state index contributed by atoms with van der Waals surface area (Å²) < 4.78 is 25.1. The van der Waals surface area contributed by atoms with E-state index in [4.69, 9.17) is 5.73 Å². The molecule has 68 valence electrons. The predicted octanol–water partition coefficient (Wildman–Crippen LogP) is 0.706. The van der Waals surface area contributed by atoms with Crippen LogP contribution in [-0.4, -0.2) is 37.0 Å². The van der Waals surface area contributed by atoms with E-state index in [1.807, 2.05) is 0 Å². The molecule has 1 aliphatic heterocycles. The van der Waals surface area contributed by atoms with Gasteiger partial charge in [0.05, 0.1) is 6.54 Å². The normalized spacial score (nSPS) is 30.0. The van der Waals surface area contributed by atoms with E-state index < -0.39 is 5.92 Å². The third kappa shape index (κ3) is 2.54. The molecule has 1 saturated heterocycles. The van der Waals surface area contributed by atoms with E-state index in [2.05, 4.69) is 0 Å². The molecular weight excluding hydrogens is 174 g/mol. The fourth-order valence-electron chi connectivity index (χ4n) is 1.32. The molecule has 0 aromatic rings. The fourth-order valence-corrected chi connectivity index (χ4v) is 1.32. The van der Waals surface area contributed by atoms with Gasteiger partial charge in [0.2, 0.25) is 0 Å². The standard InChI is InChI=1S/C6H12F2N2.ClH/c1-10-4-6(7,8)2-5(10)3-9;/h5H,2-4,9H2,1H3;1H/t5-;/m0./s1. The molecule has 0 spiro atoms. The van der Waals surface area contributed by atoms with Crippen LogP contribution in [0.1, 0.15) is 6.42 Å². The van der Waals surface area contributed by atoms with Crippen LogP contribution in [0.5, 0.6) is 0 Å². The Morgan fingerprint density at radius 3 is 2.36 bits per heavy atom. The molecule has 0 amide bonds. The Bertz CT molecular complexity index is 132. The highest BCUT2D eigenvalue weighted by atomic mass is 35.5. The molecule has 0 bridgehead atoms. The van der Waals surface area contributed by atoms with Crippen LogP contribution in [-0.2, 0) is 0 Å². The zero-order valence-corrected chi connectivity index (χ0v) is 7.20. The first-order valence-corrected chi connectivity index (χ1v) is 3.33. The Morgan fingerprint density at radius 2 is 2.18 bits per heavy atom. The van der Waals surface area contributed by atoms with Crippen LogP contribution >= 0.6 is 12.4 Å². The third-order valence-electron chi connectivity index (χ3n) is 1.91. The summed E-state index contributed by atoms with van der Waals surface area (Å²) in [4.78, 5) is 1.61. The summed E-state index contributed by atoms with van der Waals surface area (Å²) in [7, 11) is 1.68. The lowest BCUT2D eigenvalue weighted by Gasteiger charge is -2.14. The summed E-state index contributed by atoms with van der Waals surface area (Å²) in [6, 6.07) is -0.130. The van der Waals surface area contributed by atoms with Gasteiger partial charge in [0.15, 0.2) is 0 Å². The molecule has 0 aliphatic carbocycles. The molecule has 0 aromatic heterocycles. The van der Waals surface area contributed by atoms with E-state index in [0.29, 0.717) is 6.54 Å². The van der Waals surface area contributed by atoms with Crippen molar-refractivity contribution in [1.82, 2.24) is 4.90 Å². The molecule has 2 N–H and O–H groups in total. The van der Waals surface area contributed by atoms with Gasteiger partial charge in [0.25, 0.3) is 5.92 Å². The van der Waals surface area contributed by atoms with Crippen LogP contribution in [0.3, 0.4) is 0 Å². The molecule has 1 fully saturated rings. The fraction of sp³-hybridized carbons (Fsp3) is 1.00. The molecule has 1 rings (SSSR count). The molecule has 1 atom stereocenters. The average Bonchev–Trinajstić information content (AvgIpc) is 2.05. The second-order valence-electron chi connectivity index (χ2n) is 2.86. The Labute approximate surface area is 71.1 Å². The van der Waals surface area contributed by atoms with Crippen molar-refractivity contribution in [2.45, 2.75) is 18.4 Å². The van der Waals surface area contributed by atoms with Gasteiger partial charge in [-0.15, -0.1) is 12.4 Å². The number of rotatable bonds is 1. The zero-order valence-electron chi connectivity index (χ0n) is 6.39. The molecule has 0 aromatic carbocycles. The highest BCUT2D eigenvalue weighted by molar-refractivity contribution is 5.85. The first-order valence-electron chi connectivity index (χ1n) is 3.33. The number of hydrogen-bond donors (Lipinski definition) is 1. The van der Waals surface area contributed by atoms with Crippen molar-refractivity contribution in [1.29, 1.82) is 0 Å². The minimum Gasteiger partial charge on any atom is -0.329 e. The lowest BCUT2D eigenvalue weighted by Crippen LogP contribution is -2.31. The lowest BCUT2D eigenvalue weighted by molar-refractivity contribution is 0.0141. The second-order valence-corrected chi connectivity index (χ2v) is 2.86.